The molecule has 84 valence electrons. The van der Waals surface area contributed by atoms with E-state index >= 15 is 0 Å². The highest BCUT2D eigenvalue weighted by Gasteiger charge is 2.10. The molecule has 0 aliphatic rings. The summed E-state index contributed by atoms with van der Waals surface area (Å²) in [6.45, 7) is 8.54. The molecular formula is C12H20N2O. The molecule has 0 unspecified atom stereocenters. The van der Waals surface area contributed by atoms with Crippen LogP contribution in [0.5, 0.6) is 0 Å². The number of pyridine rings is 1. The van der Waals surface area contributed by atoms with E-state index in [1.165, 1.54) is 0 Å². The van der Waals surface area contributed by atoms with Crippen LogP contribution in [0.15, 0.2) is 18.5 Å². The molecule has 3 nitrogen and oxygen atoms in total. The van der Waals surface area contributed by atoms with E-state index in [4.69, 9.17) is 0 Å². The summed E-state index contributed by atoms with van der Waals surface area (Å²) < 4.78 is 0. The maximum atomic E-state index is 9.23. The number of aromatic nitrogens is 1. The van der Waals surface area contributed by atoms with Crippen molar-refractivity contribution in [3.63, 3.8) is 0 Å². The van der Waals surface area contributed by atoms with E-state index in [0.717, 1.165) is 24.3 Å². The number of anilines is 1. The smallest absolute Gasteiger partial charge is 0.0717 e. The Morgan fingerprint density at radius 2 is 2.20 bits per heavy atom. The van der Waals surface area contributed by atoms with Crippen LogP contribution in [-0.2, 0) is 6.61 Å². The van der Waals surface area contributed by atoms with Crippen LogP contribution in [0.1, 0.15) is 26.3 Å². The van der Waals surface area contributed by atoms with E-state index in [1.54, 1.807) is 12.4 Å². The first kappa shape index (κ1) is 12.0. The fourth-order valence-electron chi connectivity index (χ4n) is 1.69. The fraction of sp³-hybridized carbons (Fsp3) is 0.583. The topological polar surface area (TPSA) is 36.4 Å². The molecule has 0 saturated carbocycles. The van der Waals surface area contributed by atoms with Crippen LogP contribution in [0.25, 0.3) is 0 Å². The Morgan fingerprint density at radius 1 is 1.47 bits per heavy atom. The molecule has 0 aromatic carbocycles. The third kappa shape index (κ3) is 3.20. The van der Waals surface area contributed by atoms with Gasteiger partial charge in [-0.05, 0) is 18.9 Å². The van der Waals surface area contributed by atoms with Crippen molar-refractivity contribution in [3.05, 3.63) is 24.0 Å². The first-order valence-electron chi connectivity index (χ1n) is 5.47. The van der Waals surface area contributed by atoms with Gasteiger partial charge in [-0.3, -0.25) is 4.98 Å². The molecular weight excluding hydrogens is 188 g/mol. The first-order chi connectivity index (χ1) is 7.19. The number of nitrogens with zero attached hydrogens (tertiary/aromatic N) is 2. The number of rotatable bonds is 5. The standard InChI is InChI=1S/C12H20N2O/c1-4-14(8-10(2)3)12-5-6-13-7-11(12)9-15/h5-7,10,15H,4,8-9H2,1-3H3. The van der Waals surface area contributed by atoms with E-state index in [1.807, 2.05) is 6.07 Å². The van der Waals surface area contributed by atoms with Gasteiger partial charge in [-0.15, -0.1) is 0 Å². The Balaban J connectivity index is 2.90. The Labute approximate surface area is 91.8 Å². The van der Waals surface area contributed by atoms with E-state index < -0.39 is 0 Å². The Bertz CT molecular complexity index is 299. The molecule has 0 fully saturated rings. The molecule has 1 heterocycles. The predicted molar refractivity (Wildman–Crippen MR) is 62.9 cm³/mol. The minimum Gasteiger partial charge on any atom is -0.392 e. The number of aliphatic hydroxyl groups is 1. The zero-order valence-electron chi connectivity index (χ0n) is 9.77. The molecule has 0 amide bonds. The summed E-state index contributed by atoms with van der Waals surface area (Å²) >= 11 is 0. The molecule has 1 N–H and O–H groups in total. The third-order valence-electron chi connectivity index (χ3n) is 2.36. The molecule has 0 saturated heterocycles. The van der Waals surface area contributed by atoms with Gasteiger partial charge in [-0.25, -0.2) is 0 Å². The maximum absolute atomic E-state index is 9.23. The van der Waals surface area contributed by atoms with Gasteiger partial charge in [0.2, 0.25) is 0 Å². The zero-order valence-corrected chi connectivity index (χ0v) is 9.77. The van der Waals surface area contributed by atoms with Crippen molar-refractivity contribution < 1.29 is 5.11 Å². The maximum Gasteiger partial charge on any atom is 0.0717 e. The Kier molecular flexibility index (Phi) is 4.56. The normalized spacial score (nSPS) is 10.7. The van der Waals surface area contributed by atoms with Gasteiger partial charge in [0.1, 0.15) is 0 Å². The lowest BCUT2D eigenvalue weighted by atomic mass is 10.1. The summed E-state index contributed by atoms with van der Waals surface area (Å²) in [5, 5.41) is 9.23. The molecule has 0 atom stereocenters. The summed E-state index contributed by atoms with van der Waals surface area (Å²) in [5.74, 6) is 0.615. The van der Waals surface area contributed by atoms with Crippen LogP contribution in [0.3, 0.4) is 0 Å². The minimum absolute atomic E-state index is 0.0533. The molecule has 0 bridgehead atoms. The number of hydrogen-bond donors (Lipinski definition) is 1. The van der Waals surface area contributed by atoms with E-state index in [2.05, 4.69) is 30.7 Å². The Morgan fingerprint density at radius 3 is 2.73 bits per heavy atom. The average Bonchev–Trinajstić information content (AvgIpc) is 2.25. The van der Waals surface area contributed by atoms with Crippen molar-refractivity contribution >= 4 is 5.69 Å². The number of aliphatic hydroxyl groups excluding tert-OH is 1. The summed E-state index contributed by atoms with van der Waals surface area (Å²) in [7, 11) is 0. The average molecular weight is 208 g/mol. The van der Waals surface area contributed by atoms with Gasteiger partial charge in [-0.1, -0.05) is 13.8 Å². The summed E-state index contributed by atoms with van der Waals surface area (Å²) in [6.07, 6.45) is 3.51. The van der Waals surface area contributed by atoms with Gasteiger partial charge in [0.25, 0.3) is 0 Å². The zero-order chi connectivity index (χ0) is 11.3. The van der Waals surface area contributed by atoms with Gasteiger partial charge in [-0.2, -0.15) is 0 Å². The molecule has 0 radical (unpaired) electrons. The minimum atomic E-state index is 0.0533. The monoisotopic (exact) mass is 208 g/mol. The van der Waals surface area contributed by atoms with Crippen molar-refractivity contribution in [1.82, 2.24) is 4.98 Å². The largest absolute Gasteiger partial charge is 0.392 e. The van der Waals surface area contributed by atoms with Crippen molar-refractivity contribution in [2.45, 2.75) is 27.4 Å². The van der Waals surface area contributed by atoms with Crippen LogP contribution in [0, 0.1) is 5.92 Å². The van der Waals surface area contributed by atoms with Gasteiger partial charge in [0.05, 0.1) is 6.61 Å². The number of hydrogen-bond acceptors (Lipinski definition) is 3. The predicted octanol–water partition coefficient (Wildman–Crippen LogP) is 2.06. The highest BCUT2D eigenvalue weighted by atomic mass is 16.3. The van der Waals surface area contributed by atoms with Crippen molar-refractivity contribution in [1.29, 1.82) is 0 Å². The van der Waals surface area contributed by atoms with Crippen molar-refractivity contribution in [3.8, 4) is 0 Å². The Hall–Kier alpha value is -1.09. The molecule has 3 heteroatoms. The molecule has 15 heavy (non-hydrogen) atoms. The van der Waals surface area contributed by atoms with Crippen molar-refractivity contribution in [2.24, 2.45) is 5.92 Å². The van der Waals surface area contributed by atoms with Crippen LogP contribution < -0.4 is 4.90 Å². The van der Waals surface area contributed by atoms with Crippen molar-refractivity contribution in [2.75, 3.05) is 18.0 Å². The lowest BCUT2D eigenvalue weighted by Crippen LogP contribution is -2.28. The SMILES string of the molecule is CCN(CC(C)C)c1ccncc1CO. The second kappa shape index (κ2) is 5.71. The highest BCUT2D eigenvalue weighted by Crippen LogP contribution is 2.20. The van der Waals surface area contributed by atoms with Crippen LogP contribution in [0.4, 0.5) is 5.69 Å². The van der Waals surface area contributed by atoms with Gasteiger partial charge in [0, 0.05) is 36.7 Å². The second-order valence-corrected chi connectivity index (χ2v) is 4.09. The fourth-order valence-corrected chi connectivity index (χ4v) is 1.69. The van der Waals surface area contributed by atoms with Gasteiger partial charge < -0.3 is 10.0 Å². The van der Waals surface area contributed by atoms with Crippen LogP contribution in [-0.4, -0.2) is 23.2 Å². The van der Waals surface area contributed by atoms with Crippen LogP contribution in [0.2, 0.25) is 0 Å². The van der Waals surface area contributed by atoms with Gasteiger partial charge >= 0.3 is 0 Å². The summed E-state index contributed by atoms with van der Waals surface area (Å²) in [4.78, 5) is 6.30. The first-order valence-corrected chi connectivity index (χ1v) is 5.47. The second-order valence-electron chi connectivity index (χ2n) is 4.09. The highest BCUT2D eigenvalue weighted by molar-refractivity contribution is 5.51. The third-order valence-corrected chi connectivity index (χ3v) is 2.36. The van der Waals surface area contributed by atoms with Crippen LogP contribution >= 0.6 is 0 Å². The lowest BCUT2D eigenvalue weighted by Gasteiger charge is -2.26. The van der Waals surface area contributed by atoms with E-state index in [-0.39, 0.29) is 6.61 Å². The molecule has 1 rings (SSSR count). The van der Waals surface area contributed by atoms with E-state index in [9.17, 15) is 5.11 Å². The molecule has 1 aromatic heterocycles. The molecule has 0 spiro atoms. The molecule has 1 aromatic rings. The quantitative estimate of drug-likeness (QED) is 0.804. The molecule has 0 aliphatic heterocycles. The van der Waals surface area contributed by atoms with E-state index in [0.29, 0.717) is 5.92 Å². The van der Waals surface area contributed by atoms with Gasteiger partial charge in [0.15, 0.2) is 0 Å². The summed E-state index contributed by atoms with van der Waals surface area (Å²) in [5.41, 5.74) is 2.00. The summed E-state index contributed by atoms with van der Waals surface area (Å²) in [6, 6.07) is 1.97. The lowest BCUT2D eigenvalue weighted by molar-refractivity contribution is 0.281. The molecule has 0 aliphatic carbocycles.